The Morgan fingerprint density at radius 2 is 1.46 bits per heavy atom. The Kier molecular flexibility index (Phi) is 4.78. The monoisotopic (exact) mass is 346 g/mol. The van der Waals surface area contributed by atoms with Gasteiger partial charge in [0.2, 0.25) is 5.91 Å². The van der Waals surface area contributed by atoms with E-state index in [0.29, 0.717) is 0 Å². The fourth-order valence-corrected chi connectivity index (χ4v) is 3.47. The molecule has 1 amide bonds. The quantitative estimate of drug-likeness (QED) is 0.725. The van der Waals surface area contributed by atoms with Crippen LogP contribution < -0.4 is 0 Å². The number of rotatable bonds is 4. The molecule has 0 unspecified atom stereocenters. The molecular weight excluding hydrogens is 324 g/mol. The summed E-state index contributed by atoms with van der Waals surface area (Å²) in [6.07, 6.45) is 3.38. The third-order valence-electron chi connectivity index (χ3n) is 4.82. The summed E-state index contributed by atoms with van der Waals surface area (Å²) in [4.78, 5) is 14.7. The largest absolute Gasteiger partial charge is 0.341 e. The van der Waals surface area contributed by atoms with Gasteiger partial charge < -0.3 is 4.90 Å². The normalized spacial score (nSPS) is 14.4. The molecule has 0 spiro atoms. The number of nitrogens with zero attached hydrogens (tertiary/aromatic N) is 4. The zero-order chi connectivity index (χ0) is 17.8. The predicted molar refractivity (Wildman–Crippen MR) is 101 cm³/mol. The molecule has 1 aliphatic heterocycles. The van der Waals surface area contributed by atoms with Crippen LogP contribution in [0.1, 0.15) is 19.3 Å². The number of benzene rings is 2. The number of carbonyl (C=O) groups is 1. The summed E-state index contributed by atoms with van der Waals surface area (Å²) in [6.45, 7) is 1.92. The van der Waals surface area contributed by atoms with Gasteiger partial charge in [0, 0.05) is 24.2 Å². The average Bonchev–Trinajstić information content (AvgIpc) is 3.13. The first kappa shape index (κ1) is 16.5. The van der Waals surface area contributed by atoms with Gasteiger partial charge in [0.15, 0.2) is 0 Å². The second-order valence-electron chi connectivity index (χ2n) is 6.62. The van der Waals surface area contributed by atoms with Crippen LogP contribution >= 0.6 is 0 Å². The van der Waals surface area contributed by atoms with Crippen LogP contribution in [0.25, 0.3) is 22.5 Å². The Labute approximate surface area is 153 Å². The van der Waals surface area contributed by atoms with Crippen molar-refractivity contribution in [1.29, 1.82) is 0 Å². The summed E-state index contributed by atoms with van der Waals surface area (Å²) < 4.78 is 1.74. The van der Waals surface area contributed by atoms with Crippen molar-refractivity contribution in [1.82, 2.24) is 19.9 Å². The average molecular weight is 346 g/mol. The molecule has 4 rings (SSSR count). The van der Waals surface area contributed by atoms with Gasteiger partial charge in [-0.2, -0.15) is 0 Å². The van der Waals surface area contributed by atoms with Crippen LogP contribution in [0, 0.1) is 0 Å². The van der Waals surface area contributed by atoms with E-state index in [-0.39, 0.29) is 12.5 Å². The lowest BCUT2D eigenvalue weighted by Crippen LogP contribution is -2.38. The van der Waals surface area contributed by atoms with E-state index in [0.717, 1.165) is 48.4 Å². The number of piperidine rings is 1. The zero-order valence-electron chi connectivity index (χ0n) is 14.7. The number of likely N-dealkylation sites (tertiary alicyclic amines) is 1. The maximum absolute atomic E-state index is 12.7. The second-order valence-corrected chi connectivity index (χ2v) is 6.62. The minimum absolute atomic E-state index is 0.117. The van der Waals surface area contributed by atoms with Crippen LogP contribution in [0.4, 0.5) is 0 Å². The Balaban J connectivity index is 1.70. The Bertz CT molecular complexity index is 868. The number of hydrogen-bond donors (Lipinski definition) is 0. The van der Waals surface area contributed by atoms with Gasteiger partial charge in [0.05, 0.1) is 5.69 Å². The van der Waals surface area contributed by atoms with Crippen molar-refractivity contribution < 1.29 is 4.79 Å². The molecule has 1 fully saturated rings. The third kappa shape index (κ3) is 3.38. The smallest absolute Gasteiger partial charge is 0.244 e. The van der Waals surface area contributed by atoms with Crippen LogP contribution in [-0.2, 0) is 11.3 Å². The highest BCUT2D eigenvalue weighted by atomic mass is 16.2. The summed E-state index contributed by atoms with van der Waals surface area (Å²) in [5.41, 5.74) is 3.72. The molecule has 1 aromatic heterocycles. The van der Waals surface area contributed by atoms with Crippen molar-refractivity contribution in [2.24, 2.45) is 0 Å². The Morgan fingerprint density at radius 3 is 2.12 bits per heavy atom. The summed E-state index contributed by atoms with van der Waals surface area (Å²) in [5.74, 6) is 0.117. The van der Waals surface area contributed by atoms with E-state index in [1.807, 2.05) is 65.6 Å². The first-order valence-electron chi connectivity index (χ1n) is 9.15. The van der Waals surface area contributed by atoms with Gasteiger partial charge in [0.25, 0.3) is 0 Å². The van der Waals surface area contributed by atoms with E-state index in [1.54, 1.807) is 4.68 Å². The predicted octanol–water partition coefficient (Wildman–Crippen LogP) is 3.62. The second kappa shape index (κ2) is 7.52. The molecule has 0 bridgehead atoms. The van der Waals surface area contributed by atoms with E-state index in [9.17, 15) is 4.79 Å². The molecule has 0 aliphatic carbocycles. The standard InChI is InChI=1S/C21H22N4O/c26-19(24-14-8-3-9-15-24)16-25-21(18-12-6-2-7-13-18)20(22-23-25)17-10-4-1-5-11-17/h1-2,4-7,10-13H,3,8-9,14-16H2. The van der Waals surface area contributed by atoms with Gasteiger partial charge in [-0.25, -0.2) is 4.68 Å². The highest BCUT2D eigenvalue weighted by molar-refractivity contribution is 5.81. The maximum Gasteiger partial charge on any atom is 0.244 e. The molecule has 5 heteroatoms. The zero-order valence-corrected chi connectivity index (χ0v) is 14.7. The van der Waals surface area contributed by atoms with Crippen molar-refractivity contribution in [3.8, 4) is 22.5 Å². The minimum Gasteiger partial charge on any atom is -0.341 e. The van der Waals surface area contributed by atoms with E-state index >= 15 is 0 Å². The number of carbonyl (C=O) groups excluding carboxylic acids is 1. The summed E-state index contributed by atoms with van der Waals surface area (Å²) in [7, 11) is 0. The summed E-state index contributed by atoms with van der Waals surface area (Å²) in [6, 6.07) is 20.0. The first-order chi connectivity index (χ1) is 12.8. The molecule has 0 atom stereocenters. The van der Waals surface area contributed by atoms with Crippen LogP contribution in [0.15, 0.2) is 60.7 Å². The van der Waals surface area contributed by atoms with E-state index in [2.05, 4.69) is 10.3 Å². The first-order valence-corrected chi connectivity index (χ1v) is 9.15. The van der Waals surface area contributed by atoms with Crippen molar-refractivity contribution in [3.63, 3.8) is 0 Å². The maximum atomic E-state index is 12.7. The van der Waals surface area contributed by atoms with E-state index in [4.69, 9.17) is 0 Å². The molecule has 2 heterocycles. The van der Waals surface area contributed by atoms with Gasteiger partial charge in [-0.15, -0.1) is 5.10 Å². The molecule has 1 saturated heterocycles. The Hall–Kier alpha value is -2.95. The van der Waals surface area contributed by atoms with Gasteiger partial charge in [-0.05, 0) is 19.3 Å². The lowest BCUT2D eigenvalue weighted by Gasteiger charge is -2.26. The van der Waals surface area contributed by atoms with Gasteiger partial charge >= 0.3 is 0 Å². The number of aromatic nitrogens is 3. The molecule has 3 aromatic rings. The number of amides is 1. The van der Waals surface area contributed by atoms with Crippen molar-refractivity contribution in [2.75, 3.05) is 13.1 Å². The van der Waals surface area contributed by atoms with E-state index < -0.39 is 0 Å². The van der Waals surface area contributed by atoms with E-state index in [1.165, 1.54) is 6.42 Å². The third-order valence-corrected chi connectivity index (χ3v) is 4.82. The number of hydrogen-bond acceptors (Lipinski definition) is 3. The highest BCUT2D eigenvalue weighted by Gasteiger charge is 2.21. The molecule has 0 N–H and O–H groups in total. The molecule has 26 heavy (non-hydrogen) atoms. The summed E-state index contributed by atoms with van der Waals surface area (Å²) >= 11 is 0. The molecule has 5 nitrogen and oxygen atoms in total. The van der Waals surface area contributed by atoms with Gasteiger partial charge in [-0.3, -0.25) is 4.79 Å². The fourth-order valence-electron chi connectivity index (χ4n) is 3.47. The van der Waals surface area contributed by atoms with Crippen molar-refractivity contribution >= 4 is 5.91 Å². The molecular formula is C21H22N4O. The van der Waals surface area contributed by atoms with Crippen LogP contribution in [-0.4, -0.2) is 38.9 Å². The topological polar surface area (TPSA) is 51.0 Å². The molecule has 132 valence electrons. The summed E-state index contributed by atoms with van der Waals surface area (Å²) in [5, 5.41) is 8.73. The van der Waals surface area contributed by atoms with Crippen LogP contribution in [0.5, 0.6) is 0 Å². The molecule has 0 saturated carbocycles. The van der Waals surface area contributed by atoms with Crippen molar-refractivity contribution in [2.45, 2.75) is 25.8 Å². The molecule has 2 aromatic carbocycles. The Morgan fingerprint density at radius 1 is 0.846 bits per heavy atom. The SMILES string of the molecule is O=C(Cn1nnc(-c2ccccc2)c1-c1ccccc1)N1CCCCC1. The highest BCUT2D eigenvalue weighted by Crippen LogP contribution is 2.30. The fraction of sp³-hybridized carbons (Fsp3) is 0.286. The van der Waals surface area contributed by atoms with Crippen LogP contribution in [0.2, 0.25) is 0 Å². The van der Waals surface area contributed by atoms with Crippen LogP contribution in [0.3, 0.4) is 0 Å². The lowest BCUT2D eigenvalue weighted by atomic mass is 10.0. The van der Waals surface area contributed by atoms with Gasteiger partial charge in [0.1, 0.15) is 12.2 Å². The minimum atomic E-state index is 0.117. The molecule has 1 aliphatic rings. The molecule has 0 radical (unpaired) electrons. The lowest BCUT2D eigenvalue weighted by molar-refractivity contribution is -0.132. The van der Waals surface area contributed by atoms with Crippen molar-refractivity contribution in [3.05, 3.63) is 60.7 Å². The van der Waals surface area contributed by atoms with Gasteiger partial charge in [-0.1, -0.05) is 65.9 Å².